The summed E-state index contributed by atoms with van der Waals surface area (Å²) in [4.78, 5) is 38.0. The highest BCUT2D eigenvalue weighted by atomic mass is 16.6. The van der Waals surface area contributed by atoms with Crippen LogP contribution in [0, 0.1) is 0 Å². The number of hydrogen-bond acceptors (Lipinski definition) is 6. The monoisotopic (exact) mass is 859 g/mol. The van der Waals surface area contributed by atoms with E-state index in [2.05, 4.69) is 45.1 Å². The molecule has 0 aromatic heterocycles. The van der Waals surface area contributed by atoms with Gasteiger partial charge in [-0.1, -0.05) is 231 Å². The Bertz CT molecular complexity index is 989. The van der Waals surface area contributed by atoms with Gasteiger partial charge in [0.1, 0.15) is 13.2 Å². The standard InChI is InChI=1S/C55H102O6/c1-4-7-10-13-16-19-22-24-26-27-29-30-33-36-39-42-45-48-54(57)60-51-52(50-59-53(56)47-44-41-38-35-32-21-18-15-12-9-6-3)61-55(58)49-46-43-40-37-34-31-28-25-23-20-17-14-11-8-5-2/h15,18,24,26,52H,4-14,16-17,19-23,25,27-51H2,1-3H3/b18-15-,26-24-/t52-/m0/s1. The van der Waals surface area contributed by atoms with Gasteiger partial charge in [-0.3, -0.25) is 14.4 Å². The van der Waals surface area contributed by atoms with Crippen LogP contribution in [0.15, 0.2) is 24.3 Å². The van der Waals surface area contributed by atoms with E-state index in [0.717, 1.165) is 64.2 Å². The van der Waals surface area contributed by atoms with Crippen LogP contribution in [0.3, 0.4) is 0 Å². The molecule has 0 radical (unpaired) electrons. The molecule has 61 heavy (non-hydrogen) atoms. The molecule has 0 aliphatic heterocycles. The van der Waals surface area contributed by atoms with E-state index in [1.54, 1.807) is 0 Å². The Labute approximate surface area is 379 Å². The molecule has 0 aromatic carbocycles. The summed E-state index contributed by atoms with van der Waals surface area (Å²) in [5.41, 5.74) is 0. The van der Waals surface area contributed by atoms with Crippen LogP contribution < -0.4 is 0 Å². The lowest BCUT2D eigenvalue weighted by atomic mass is 10.0. The summed E-state index contributed by atoms with van der Waals surface area (Å²) < 4.78 is 16.8. The molecule has 0 bridgehead atoms. The van der Waals surface area contributed by atoms with Crippen LogP contribution in [0.25, 0.3) is 0 Å². The van der Waals surface area contributed by atoms with Crippen molar-refractivity contribution in [2.45, 2.75) is 297 Å². The van der Waals surface area contributed by atoms with Crippen LogP contribution >= 0.6 is 0 Å². The minimum absolute atomic E-state index is 0.0724. The average Bonchev–Trinajstić information content (AvgIpc) is 3.26. The lowest BCUT2D eigenvalue weighted by Crippen LogP contribution is -2.30. The molecule has 0 amide bonds. The van der Waals surface area contributed by atoms with E-state index in [1.807, 2.05) is 0 Å². The van der Waals surface area contributed by atoms with Gasteiger partial charge in [-0.25, -0.2) is 0 Å². The largest absolute Gasteiger partial charge is 0.462 e. The molecular weight excluding hydrogens is 757 g/mol. The van der Waals surface area contributed by atoms with E-state index in [9.17, 15) is 14.4 Å². The van der Waals surface area contributed by atoms with E-state index >= 15 is 0 Å². The van der Waals surface area contributed by atoms with Crippen molar-refractivity contribution in [2.75, 3.05) is 13.2 Å². The van der Waals surface area contributed by atoms with Crippen molar-refractivity contribution < 1.29 is 28.6 Å². The third kappa shape index (κ3) is 48.8. The summed E-state index contributed by atoms with van der Waals surface area (Å²) >= 11 is 0. The van der Waals surface area contributed by atoms with Gasteiger partial charge in [0.15, 0.2) is 6.10 Å². The zero-order chi connectivity index (χ0) is 44.4. The quantitative estimate of drug-likeness (QED) is 0.0262. The Balaban J connectivity index is 4.32. The minimum atomic E-state index is -0.771. The number of rotatable bonds is 49. The van der Waals surface area contributed by atoms with Crippen molar-refractivity contribution in [1.29, 1.82) is 0 Å². The number of allylic oxidation sites excluding steroid dienone is 4. The normalized spacial score (nSPS) is 12.1. The Hall–Kier alpha value is -2.11. The summed E-state index contributed by atoms with van der Waals surface area (Å²) in [6.45, 7) is 6.62. The zero-order valence-electron chi connectivity index (χ0n) is 40.9. The molecule has 1 atom stereocenters. The Morgan fingerprint density at radius 3 is 0.869 bits per heavy atom. The molecule has 0 spiro atoms. The summed E-state index contributed by atoms with van der Waals surface area (Å²) in [6, 6.07) is 0. The highest BCUT2D eigenvalue weighted by Gasteiger charge is 2.19. The number of unbranched alkanes of at least 4 members (excludes halogenated alkanes) is 34. The first kappa shape index (κ1) is 58.9. The molecule has 0 rings (SSSR count). The fourth-order valence-corrected chi connectivity index (χ4v) is 7.83. The van der Waals surface area contributed by atoms with Crippen LogP contribution in [0.1, 0.15) is 290 Å². The van der Waals surface area contributed by atoms with E-state index in [0.29, 0.717) is 19.3 Å². The summed E-state index contributed by atoms with van der Waals surface area (Å²) in [5, 5.41) is 0. The molecule has 0 heterocycles. The van der Waals surface area contributed by atoms with E-state index < -0.39 is 6.10 Å². The Morgan fingerprint density at radius 1 is 0.311 bits per heavy atom. The summed E-state index contributed by atoms with van der Waals surface area (Å²) in [7, 11) is 0. The average molecular weight is 859 g/mol. The predicted molar refractivity (Wildman–Crippen MR) is 261 cm³/mol. The lowest BCUT2D eigenvalue weighted by Gasteiger charge is -2.18. The number of carbonyl (C=O) groups excluding carboxylic acids is 3. The molecule has 0 saturated carbocycles. The smallest absolute Gasteiger partial charge is 0.306 e. The molecular formula is C55H102O6. The second-order valence-electron chi connectivity index (χ2n) is 18.1. The Morgan fingerprint density at radius 2 is 0.557 bits per heavy atom. The fourth-order valence-electron chi connectivity index (χ4n) is 7.83. The molecule has 6 heteroatoms. The van der Waals surface area contributed by atoms with Gasteiger partial charge in [0.05, 0.1) is 0 Å². The minimum Gasteiger partial charge on any atom is -0.462 e. The van der Waals surface area contributed by atoms with Crippen LogP contribution in [-0.4, -0.2) is 37.2 Å². The molecule has 0 fully saturated rings. The topological polar surface area (TPSA) is 78.9 Å². The highest BCUT2D eigenvalue weighted by Crippen LogP contribution is 2.16. The van der Waals surface area contributed by atoms with Gasteiger partial charge in [0, 0.05) is 19.3 Å². The zero-order valence-corrected chi connectivity index (χ0v) is 40.9. The SMILES string of the molecule is CCCC/C=C\CCCCCCCC(=O)OC[C@@H](COC(=O)CCCCCCCCC/C=C\CCCCCCCC)OC(=O)CCCCCCCCCCCCCCCCC. The van der Waals surface area contributed by atoms with Crippen LogP contribution in [0.5, 0.6) is 0 Å². The molecule has 0 N–H and O–H groups in total. The van der Waals surface area contributed by atoms with Crippen molar-refractivity contribution in [3.8, 4) is 0 Å². The molecule has 0 aliphatic carbocycles. The molecule has 358 valence electrons. The van der Waals surface area contributed by atoms with Crippen LogP contribution in [0.2, 0.25) is 0 Å². The second-order valence-corrected chi connectivity index (χ2v) is 18.1. The van der Waals surface area contributed by atoms with Gasteiger partial charge in [0.2, 0.25) is 0 Å². The van der Waals surface area contributed by atoms with Gasteiger partial charge in [-0.05, 0) is 64.2 Å². The van der Waals surface area contributed by atoms with Gasteiger partial charge in [0.25, 0.3) is 0 Å². The van der Waals surface area contributed by atoms with Crippen LogP contribution in [-0.2, 0) is 28.6 Å². The van der Waals surface area contributed by atoms with Crippen molar-refractivity contribution >= 4 is 17.9 Å². The van der Waals surface area contributed by atoms with Crippen LogP contribution in [0.4, 0.5) is 0 Å². The molecule has 0 unspecified atom stereocenters. The van der Waals surface area contributed by atoms with E-state index in [-0.39, 0.29) is 31.1 Å². The predicted octanol–water partition coefficient (Wildman–Crippen LogP) is 17.5. The maximum atomic E-state index is 12.8. The third-order valence-corrected chi connectivity index (χ3v) is 11.9. The molecule has 0 aromatic rings. The number of esters is 3. The number of ether oxygens (including phenoxy) is 3. The van der Waals surface area contributed by atoms with E-state index in [4.69, 9.17) is 14.2 Å². The van der Waals surface area contributed by atoms with Crippen molar-refractivity contribution in [3.05, 3.63) is 24.3 Å². The first-order valence-corrected chi connectivity index (χ1v) is 26.8. The Kier molecular flexibility index (Phi) is 48.8. The first-order chi connectivity index (χ1) is 30.0. The van der Waals surface area contributed by atoms with Gasteiger partial charge < -0.3 is 14.2 Å². The third-order valence-electron chi connectivity index (χ3n) is 11.9. The highest BCUT2D eigenvalue weighted by molar-refractivity contribution is 5.71. The van der Waals surface area contributed by atoms with E-state index in [1.165, 1.54) is 186 Å². The van der Waals surface area contributed by atoms with Gasteiger partial charge >= 0.3 is 17.9 Å². The van der Waals surface area contributed by atoms with Crippen molar-refractivity contribution in [1.82, 2.24) is 0 Å². The maximum absolute atomic E-state index is 12.8. The lowest BCUT2D eigenvalue weighted by molar-refractivity contribution is -0.167. The first-order valence-electron chi connectivity index (χ1n) is 26.8. The summed E-state index contributed by atoms with van der Waals surface area (Å²) in [5.74, 6) is -0.872. The summed E-state index contributed by atoms with van der Waals surface area (Å²) in [6.07, 6.45) is 57.3. The second kappa shape index (κ2) is 50.5. The maximum Gasteiger partial charge on any atom is 0.306 e. The fraction of sp³-hybridized carbons (Fsp3) is 0.873. The van der Waals surface area contributed by atoms with Gasteiger partial charge in [-0.15, -0.1) is 0 Å². The van der Waals surface area contributed by atoms with Crippen molar-refractivity contribution in [3.63, 3.8) is 0 Å². The van der Waals surface area contributed by atoms with Crippen molar-refractivity contribution in [2.24, 2.45) is 0 Å². The molecule has 0 saturated heterocycles. The molecule has 0 aliphatic rings. The molecule has 6 nitrogen and oxygen atoms in total. The van der Waals surface area contributed by atoms with Gasteiger partial charge in [-0.2, -0.15) is 0 Å². The number of carbonyl (C=O) groups is 3. The number of hydrogen-bond donors (Lipinski definition) is 0.